The first kappa shape index (κ1) is 24.9. The maximum absolute atomic E-state index is 12.5. The Morgan fingerprint density at radius 3 is 2.51 bits per heavy atom. The third kappa shape index (κ3) is 5.89. The largest absolute Gasteiger partial charge is 0.573 e. The van der Waals surface area contributed by atoms with Crippen LogP contribution >= 0.6 is 0 Å². The average molecular weight is 490 g/mol. The highest BCUT2D eigenvalue weighted by molar-refractivity contribution is 5.83. The lowest BCUT2D eigenvalue weighted by atomic mass is 9.70. The Kier molecular flexibility index (Phi) is 6.46. The number of carbonyl (C=O) groups is 1. The summed E-state index contributed by atoms with van der Waals surface area (Å²) in [6.07, 6.45) is -1.80. The van der Waals surface area contributed by atoms with Crippen molar-refractivity contribution in [2.45, 2.75) is 65.8 Å². The molecular formula is C26H30F3N3O3. The number of halogens is 3. The Hall–Kier alpha value is -3.23. The van der Waals surface area contributed by atoms with Gasteiger partial charge in [0.15, 0.2) is 0 Å². The first-order valence-electron chi connectivity index (χ1n) is 11.7. The van der Waals surface area contributed by atoms with Gasteiger partial charge in [-0.15, -0.1) is 13.2 Å². The lowest BCUT2D eigenvalue weighted by Crippen LogP contribution is -2.29. The fraction of sp³-hybridized carbons (Fsp3) is 0.462. The smallest absolute Gasteiger partial charge is 0.481 e. The maximum Gasteiger partial charge on any atom is 0.573 e. The number of benzene rings is 2. The Morgan fingerprint density at radius 1 is 1.23 bits per heavy atom. The third-order valence-electron chi connectivity index (χ3n) is 6.56. The van der Waals surface area contributed by atoms with Crippen molar-refractivity contribution in [1.82, 2.24) is 9.55 Å². The summed E-state index contributed by atoms with van der Waals surface area (Å²) in [6.45, 7) is 8.67. The number of imidazole rings is 1. The van der Waals surface area contributed by atoms with Crippen LogP contribution in [0.2, 0.25) is 0 Å². The zero-order chi connectivity index (χ0) is 25.5. The highest BCUT2D eigenvalue weighted by Crippen LogP contribution is 2.46. The number of rotatable bonds is 6. The number of alkyl halides is 3. The zero-order valence-corrected chi connectivity index (χ0v) is 20.2. The topological polar surface area (TPSA) is 76.4 Å². The number of carboxylic acid groups (broad SMARTS) is 1. The molecule has 0 amide bonds. The molecule has 3 aromatic rings. The second-order valence-electron chi connectivity index (χ2n) is 10.4. The van der Waals surface area contributed by atoms with E-state index in [1.54, 1.807) is 0 Å². The second-order valence-corrected chi connectivity index (χ2v) is 10.4. The number of hydrogen-bond acceptors (Lipinski definition) is 4. The van der Waals surface area contributed by atoms with Crippen LogP contribution in [0.5, 0.6) is 5.75 Å². The number of aliphatic carboxylic acids is 1. The van der Waals surface area contributed by atoms with Crippen LogP contribution in [0.15, 0.2) is 36.4 Å². The van der Waals surface area contributed by atoms with E-state index in [0.29, 0.717) is 28.6 Å². The second kappa shape index (κ2) is 9.09. The molecule has 0 saturated heterocycles. The molecule has 0 aliphatic heterocycles. The van der Waals surface area contributed by atoms with Gasteiger partial charge in [0.25, 0.3) is 0 Å². The number of carboxylic acids is 1. The van der Waals surface area contributed by atoms with Crippen molar-refractivity contribution in [2.75, 3.05) is 5.32 Å². The lowest BCUT2D eigenvalue weighted by Gasteiger charge is -2.40. The molecule has 188 valence electrons. The maximum atomic E-state index is 12.5. The molecule has 2 N–H and O–H groups in total. The van der Waals surface area contributed by atoms with E-state index >= 15 is 0 Å². The van der Waals surface area contributed by atoms with Gasteiger partial charge in [0.05, 0.1) is 17.5 Å². The van der Waals surface area contributed by atoms with Crippen molar-refractivity contribution >= 4 is 28.6 Å². The normalized spacial score (nSPS) is 20.1. The fourth-order valence-corrected chi connectivity index (χ4v) is 5.46. The molecule has 0 unspecified atom stereocenters. The standard InChI is InChI=1S/C26H30F3N3O3/c1-15-9-19(14-25(3,4)13-15)32-22-10-16(2)17(12-23(33)34)11-21(22)31-24(32)30-18-5-7-20(8-6-18)35-26(27,28)29/h5-8,10-11,15,19H,9,12-14H2,1-4H3,(H,30,31)(H,33,34)/t15-,19-/m1/s1. The average Bonchev–Trinajstić information content (AvgIpc) is 3.03. The third-order valence-corrected chi connectivity index (χ3v) is 6.56. The number of fused-ring (bicyclic) bond motifs is 1. The number of hydrogen-bond donors (Lipinski definition) is 2. The summed E-state index contributed by atoms with van der Waals surface area (Å²) in [5.74, 6) is -0.117. The minimum atomic E-state index is -4.75. The van der Waals surface area contributed by atoms with Crippen molar-refractivity contribution in [3.63, 3.8) is 0 Å². The van der Waals surface area contributed by atoms with Gasteiger partial charge in [-0.2, -0.15) is 0 Å². The molecule has 1 aliphatic carbocycles. The minimum Gasteiger partial charge on any atom is -0.481 e. The van der Waals surface area contributed by atoms with E-state index in [0.717, 1.165) is 30.3 Å². The van der Waals surface area contributed by atoms with E-state index in [4.69, 9.17) is 4.98 Å². The van der Waals surface area contributed by atoms with E-state index in [-0.39, 0.29) is 23.6 Å². The molecule has 4 rings (SSSR count). The molecule has 0 bridgehead atoms. The van der Waals surface area contributed by atoms with Crippen LogP contribution in [0.1, 0.15) is 57.2 Å². The number of nitrogens with zero attached hydrogens (tertiary/aromatic N) is 2. The molecule has 1 aliphatic rings. The molecule has 2 aromatic carbocycles. The number of nitrogens with one attached hydrogen (secondary N) is 1. The molecule has 0 spiro atoms. The van der Waals surface area contributed by atoms with E-state index in [1.165, 1.54) is 24.3 Å². The predicted octanol–water partition coefficient (Wildman–Crippen LogP) is 7.00. The summed E-state index contributed by atoms with van der Waals surface area (Å²) in [5, 5.41) is 12.6. The van der Waals surface area contributed by atoms with Crippen LogP contribution in [-0.2, 0) is 11.2 Å². The van der Waals surface area contributed by atoms with E-state index in [9.17, 15) is 23.1 Å². The van der Waals surface area contributed by atoms with Crippen LogP contribution in [0.4, 0.5) is 24.8 Å². The van der Waals surface area contributed by atoms with Gasteiger partial charge in [-0.1, -0.05) is 20.8 Å². The zero-order valence-electron chi connectivity index (χ0n) is 20.2. The molecule has 2 atom stereocenters. The van der Waals surface area contributed by atoms with Crippen LogP contribution in [0, 0.1) is 18.3 Å². The highest BCUT2D eigenvalue weighted by atomic mass is 19.4. The Balaban J connectivity index is 1.76. The van der Waals surface area contributed by atoms with Crippen LogP contribution < -0.4 is 10.1 Å². The van der Waals surface area contributed by atoms with Gasteiger partial charge < -0.3 is 19.7 Å². The predicted molar refractivity (Wildman–Crippen MR) is 128 cm³/mol. The molecule has 9 heteroatoms. The van der Waals surface area contributed by atoms with Gasteiger partial charge in [0, 0.05) is 11.7 Å². The van der Waals surface area contributed by atoms with Crippen molar-refractivity contribution in [1.29, 1.82) is 0 Å². The Bertz CT molecular complexity index is 1230. The monoisotopic (exact) mass is 489 g/mol. The summed E-state index contributed by atoms with van der Waals surface area (Å²) in [5.41, 5.74) is 3.89. The molecule has 1 heterocycles. The Labute approximate surface area is 202 Å². The number of ether oxygens (including phenoxy) is 1. The summed E-state index contributed by atoms with van der Waals surface area (Å²) >= 11 is 0. The first-order chi connectivity index (χ1) is 16.3. The van der Waals surface area contributed by atoms with Gasteiger partial charge in [-0.3, -0.25) is 4.79 Å². The van der Waals surface area contributed by atoms with Gasteiger partial charge in [0.2, 0.25) is 5.95 Å². The summed E-state index contributed by atoms with van der Waals surface area (Å²) < 4.78 is 43.7. The van der Waals surface area contributed by atoms with Crippen LogP contribution in [0.3, 0.4) is 0 Å². The molecule has 1 saturated carbocycles. The Morgan fingerprint density at radius 2 is 1.91 bits per heavy atom. The molecule has 1 aromatic heterocycles. The fourth-order valence-electron chi connectivity index (χ4n) is 5.46. The van der Waals surface area contributed by atoms with Crippen LogP contribution in [0.25, 0.3) is 11.0 Å². The van der Waals surface area contributed by atoms with Gasteiger partial charge >= 0.3 is 12.3 Å². The van der Waals surface area contributed by atoms with E-state index in [1.807, 2.05) is 19.1 Å². The van der Waals surface area contributed by atoms with Crippen molar-refractivity contribution in [3.8, 4) is 5.75 Å². The highest BCUT2D eigenvalue weighted by Gasteiger charge is 2.35. The van der Waals surface area contributed by atoms with E-state index < -0.39 is 12.3 Å². The molecule has 0 radical (unpaired) electrons. The number of aryl methyl sites for hydroxylation is 1. The van der Waals surface area contributed by atoms with Gasteiger partial charge in [-0.05, 0) is 85.0 Å². The first-order valence-corrected chi connectivity index (χ1v) is 11.7. The summed E-state index contributed by atoms with van der Waals surface area (Å²) in [6, 6.07) is 9.50. The van der Waals surface area contributed by atoms with Crippen molar-refractivity contribution in [3.05, 3.63) is 47.5 Å². The summed E-state index contributed by atoms with van der Waals surface area (Å²) in [4.78, 5) is 16.1. The number of anilines is 2. The van der Waals surface area contributed by atoms with Crippen LogP contribution in [-0.4, -0.2) is 27.0 Å². The lowest BCUT2D eigenvalue weighted by molar-refractivity contribution is -0.274. The van der Waals surface area contributed by atoms with Gasteiger partial charge in [-0.25, -0.2) is 4.98 Å². The SMILES string of the molecule is Cc1cc2c(cc1CC(=O)O)nc(Nc1ccc(OC(F)(F)F)cc1)n2[C@@H]1C[C@@H](C)CC(C)(C)C1. The van der Waals surface area contributed by atoms with Crippen molar-refractivity contribution in [2.24, 2.45) is 11.3 Å². The van der Waals surface area contributed by atoms with E-state index in [2.05, 4.69) is 35.4 Å². The number of aromatic nitrogens is 2. The molecule has 1 fully saturated rings. The minimum absolute atomic E-state index is 0.0917. The quantitative estimate of drug-likeness (QED) is 0.390. The summed E-state index contributed by atoms with van der Waals surface area (Å²) in [7, 11) is 0. The molecule has 6 nitrogen and oxygen atoms in total. The van der Waals surface area contributed by atoms with Gasteiger partial charge in [0.1, 0.15) is 5.75 Å². The molecule has 35 heavy (non-hydrogen) atoms. The van der Waals surface area contributed by atoms with Crippen molar-refractivity contribution < 1.29 is 27.8 Å². The molecular weight excluding hydrogens is 459 g/mol.